The standard InChI is InChI=1S/C23H24BrN9OS/c1-12-30-31-22(35-12)13-2-6-17(7-3-13)33-20-18(19(24)32-33)11-26-23(29-20)28-16-5-4-15(8-16)27-21(34)14-9-25-10-14/h2-3,6-7,11,14-16,25H,4-5,8-10H2,1H3,(H,27,34)(H,26,28,29)/t15-,16-/m1/s1. The largest absolute Gasteiger partial charge is 0.353 e. The first-order chi connectivity index (χ1) is 17.0. The normalized spacial score (nSPS) is 20.2. The molecule has 0 spiro atoms. The molecular weight excluding hydrogens is 530 g/mol. The second-order valence-electron chi connectivity index (χ2n) is 9.02. The number of aromatic nitrogens is 6. The summed E-state index contributed by atoms with van der Waals surface area (Å²) >= 11 is 5.11. The van der Waals surface area contributed by atoms with Crippen LogP contribution in [0.3, 0.4) is 0 Å². The number of nitrogens with one attached hydrogen (secondary N) is 3. The Morgan fingerprint density at radius 2 is 1.97 bits per heavy atom. The molecule has 0 radical (unpaired) electrons. The third kappa shape index (κ3) is 4.53. The lowest BCUT2D eigenvalue weighted by molar-refractivity contribution is -0.127. The molecule has 10 nitrogen and oxygen atoms in total. The molecule has 2 atom stereocenters. The van der Waals surface area contributed by atoms with Crippen LogP contribution in [0.2, 0.25) is 0 Å². The molecule has 1 amide bonds. The van der Waals surface area contributed by atoms with Gasteiger partial charge in [0.05, 0.1) is 17.0 Å². The summed E-state index contributed by atoms with van der Waals surface area (Å²) in [5, 5.41) is 25.4. The van der Waals surface area contributed by atoms with Gasteiger partial charge in [0.1, 0.15) is 14.6 Å². The number of halogens is 1. The summed E-state index contributed by atoms with van der Waals surface area (Å²) in [6, 6.07) is 8.45. The molecule has 0 unspecified atom stereocenters. The maximum atomic E-state index is 12.3. The van der Waals surface area contributed by atoms with E-state index in [2.05, 4.69) is 52.2 Å². The zero-order chi connectivity index (χ0) is 23.9. The van der Waals surface area contributed by atoms with Crippen molar-refractivity contribution in [2.24, 2.45) is 5.92 Å². The van der Waals surface area contributed by atoms with E-state index in [1.807, 2.05) is 35.9 Å². The molecule has 12 heteroatoms. The first kappa shape index (κ1) is 22.5. The van der Waals surface area contributed by atoms with E-state index in [0.717, 1.165) is 59.0 Å². The minimum absolute atomic E-state index is 0.114. The fraction of sp³-hybridized carbons (Fsp3) is 0.391. The van der Waals surface area contributed by atoms with E-state index >= 15 is 0 Å². The first-order valence-corrected chi connectivity index (χ1v) is 13.2. The highest BCUT2D eigenvalue weighted by atomic mass is 79.9. The van der Waals surface area contributed by atoms with E-state index in [-0.39, 0.29) is 23.9 Å². The fourth-order valence-electron chi connectivity index (χ4n) is 4.50. The summed E-state index contributed by atoms with van der Waals surface area (Å²) in [5.74, 6) is 0.836. The van der Waals surface area contributed by atoms with Gasteiger partial charge in [0.25, 0.3) is 0 Å². The lowest BCUT2D eigenvalue weighted by atomic mass is 10.0. The zero-order valence-corrected chi connectivity index (χ0v) is 21.4. The number of benzene rings is 1. The maximum Gasteiger partial charge on any atom is 0.225 e. The Morgan fingerprint density at radius 1 is 1.17 bits per heavy atom. The lowest BCUT2D eigenvalue weighted by Crippen LogP contribution is -2.52. The summed E-state index contributed by atoms with van der Waals surface area (Å²) in [6.45, 7) is 3.51. The Hall–Kier alpha value is -2.96. The number of carbonyl (C=O) groups is 1. The number of anilines is 1. The molecule has 35 heavy (non-hydrogen) atoms. The summed E-state index contributed by atoms with van der Waals surface area (Å²) in [4.78, 5) is 21.6. The summed E-state index contributed by atoms with van der Waals surface area (Å²) in [6.07, 6.45) is 4.57. The molecule has 1 aromatic carbocycles. The minimum Gasteiger partial charge on any atom is -0.353 e. The van der Waals surface area contributed by atoms with Crippen LogP contribution in [-0.4, -0.2) is 61.0 Å². The van der Waals surface area contributed by atoms with E-state index in [1.54, 1.807) is 17.5 Å². The Balaban J connectivity index is 1.19. The van der Waals surface area contributed by atoms with Crippen LogP contribution in [0.4, 0.5) is 5.95 Å². The van der Waals surface area contributed by atoms with Gasteiger partial charge in [-0.25, -0.2) is 9.67 Å². The van der Waals surface area contributed by atoms with Crippen molar-refractivity contribution in [2.45, 2.75) is 38.3 Å². The van der Waals surface area contributed by atoms with Gasteiger partial charge in [-0.1, -0.05) is 11.3 Å². The third-order valence-electron chi connectivity index (χ3n) is 6.53. The van der Waals surface area contributed by atoms with Crippen LogP contribution in [-0.2, 0) is 4.79 Å². The van der Waals surface area contributed by atoms with Gasteiger partial charge in [-0.3, -0.25) is 4.79 Å². The fourth-order valence-corrected chi connectivity index (χ4v) is 5.63. The van der Waals surface area contributed by atoms with Crippen LogP contribution in [0.25, 0.3) is 27.3 Å². The number of amides is 1. The topological polar surface area (TPSA) is 123 Å². The monoisotopic (exact) mass is 553 g/mol. The maximum absolute atomic E-state index is 12.3. The van der Waals surface area contributed by atoms with Crippen LogP contribution < -0.4 is 16.0 Å². The predicted molar refractivity (Wildman–Crippen MR) is 138 cm³/mol. The van der Waals surface area contributed by atoms with E-state index in [9.17, 15) is 4.79 Å². The van der Waals surface area contributed by atoms with Crippen LogP contribution in [0, 0.1) is 12.8 Å². The molecule has 1 saturated heterocycles. The molecular formula is C23H24BrN9OS. The van der Waals surface area contributed by atoms with Crippen molar-refractivity contribution < 1.29 is 4.79 Å². The van der Waals surface area contributed by atoms with E-state index < -0.39 is 0 Å². The number of hydrogen-bond acceptors (Lipinski definition) is 9. The second kappa shape index (κ2) is 9.25. The van der Waals surface area contributed by atoms with Crippen molar-refractivity contribution in [3.63, 3.8) is 0 Å². The van der Waals surface area contributed by atoms with Crippen LogP contribution in [0.1, 0.15) is 24.3 Å². The third-order valence-corrected chi connectivity index (χ3v) is 8.00. The van der Waals surface area contributed by atoms with Crippen molar-refractivity contribution in [3.05, 3.63) is 40.1 Å². The Bertz CT molecular complexity index is 1380. The van der Waals surface area contributed by atoms with Gasteiger partial charge in [0, 0.05) is 36.9 Å². The van der Waals surface area contributed by atoms with Gasteiger partial charge in [0.15, 0.2) is 5.65 Å². The quantitative estimate of drug-likeness (QED) is 0.333. The number of rotatable bonds is 6. The molecule has 1 aliphatic heterocycles. The smallest absolute Gasteiger partial charge is 0.225 e. The van der Waals surface area contributed by atoms with Gasteiger partial charge in [-0.05, 0) is 66.4 Å². The average molecular weight is 554 g/mol. The molecule has 4 aromatic rings. The molecule has 180 valence electrons. The van der Waals surface area contributed by atoms with Gasteiger partial charge >= 0.3 is 0 Å². The highest BCUT2D eigenvalue weighted by Gasteiger charge is 2.31. The zero-order valence-electron chi connectivity index (χ0n) is 19.0. The van der Waals surface area contributed by atoms with Crippen molar-refractivity contribution >= 4 is 50.2 Å². The number of nitrogens with zero attached hydrogens (tertiary/aromatic N) is 6. The van der Waals surface area contributed by atoms with Gasteiger partial charge in [0.2, 0.25) is 11.9 Å². The van der Waals surface area contributed by atoms with E-state index in [0.29, 0.717) is 16.2 Å². The number of aryl methyl sites for hydroxylation is 1. The molecule has 4 heterocycles. The van der Waals surface area contributed by atoms with Crippen LogP contribution >= 0.6 is 27.3 Å². The number of hydrogen-bond donors (Lipinski definition) is 3. The molecule has 3 N–H and O–H groups in total. The number of fused-ring (bicyclic) bond motifs is 1. The molecule has 0 bridgehead atoms. The van der Waals surface area contributed by atoms with Crippen LogP contribution in [0.5, 0.6) is 0 Å². The Morgan fingerprint density at radius 3 is 2.69 bits per heavy atom. The van der Waals surface area contributed by atoms with Crippen molar-refractivity contribution in [3.8, 4) is 16.3 Å². The van der Waals surface area contributed by atoms with Crippen LogP contribution in [0.15, 0.2) is 35.1 Å². The average Bonchev–Trinajstić information content (AvgIpc) is 3.52. The molecule has 3 aromatic heterocycles. The molecule has 6 rings (SSSR count). The Labute approximate surface area is 214 Å². The summed E-state index contributed by atoms with van der Waals surface area (Å²) in [5.41, 5.74) is 2.63. The molecule has 2 aliphatic rings. The highest BCUT2D eigenvalue weighted by molar-refractivity contribution is 9.10. The van der Waals surface area contributed by atoms with Crippen molar-refractivity contribution in [1.82, 2.24) is 40.6 Å². The lowest BCUT2D eigenvalue weighted by Gasteiger charge is -2.27. The van der Waals surface area contributed by atoms with E-state index in [4.69, 9.17) is 4.98 Å². The molecule has 1 aliphatic carbocycles. The minimum atomic E-state index is 0.114. The predicted octanol–water partition coefficient (Wildman–Crippen LogP) is 3.07. The van der Waals surface area contributed by atoms with Gasteiger partial charge in [-0.15, -0.1) is 10.2 Å². The van der Waals surface area contributed by atoms with Gasteiger partial charge in [-0.2, -0.15) is 10.1 Å². The molecule has 2 fully saturated rings. The van der Waals surface area contributed by atoms with Crippen molar-refractivity contribution in [2.75, 3.05) is 18.4 Å². The second-order valence-corrected chi connectivity index (χ2v) is 11.0. The SMILES string of the molecule is Cc1nnc(-c2ccc(-n3nc(Br)c4cnc(N[C@@H]5CC[C@@H](NC(=O)C6CNC6)C5)nc43)cc2)s1. The van der Waals surface area contributed by atoms with Crippen molar-refractivity contribution in [1.29, 1.82) is 0 Å². The first-order valence-electron chi connectivity index (χ1n) is 11.6. The number of carbonyl (C=O) groups excluding carboxylic acids is 1. The highest BCUT2D eigenvalue weighted by Crippen LogP contribution is 2.29. The Kier molecular flexibility index (Phi) is 5.94. The molecule has 1 saturated carbocycles. The summed E-state index contributed by atoms with van der Waals surface area (Å²) < 4.78 is 2.50. The summed E-state index contributed by atoms with van der Waals surface area (Å²) in [7, 11) is 0. The van der Waals surface area contributed by atoms with E-state index in [1.165, 1.54) is 0 Å². The van der Waals surface area contributed by atoms with Gasteiger partial charge < -0.3 is 16.0 Å².